The highest BCUT2D eigenvalue weighted by Gasteiger charge is 2.47. The summed E-state index contributed by atoms with van der Waals surface area (Å²) in [7, 11) is 0. The Kier molecular flexibility index (Phi) is 6.30. The Balaban J connectivity index is 1.58. The van der Waals surface area contributed by atoms with E-state index >= 15 is 0 Å². The number of hydrogen-bond donors (Lipinski definition) is 1. The molecule has 1 heterocycles. The van der Waals surface area contributed by atoms with E-state index in [-0.39, 0.29) is 48.6 Å². The van der Waals surface area contributed by atoms with Crippen molar-refractivity contribution in [3.63, 3.8) is 0 Å². The maximum Gasteiger partial charge on any atom is 0.233 e. The lowest BCUT2D eigenvalue weighted by Gasteiger charge is -2.22. The van der Waals surface area contributed by atoms with Gasteiger partial charge in [-0.1, -0.05) is 57.0 Å². The molecule has 146 valence electrons. The van der Waals surface area contributed by atoms with E-state index in [1.54, 1.807) is 0 Å². The summed E-state index contributed by atoms with van der Waals surface area (Å²) in [6, 6.07) is 9.89. The Hall–Kier alpha value is -2.17. The van der Waals surface area contributed by atoms with Crippen molar-refractivity contribution in [3.8, 4) is 0 Å². The quantitative estimate of drug-likeness (QED) is 0.748. The maximum absolute atomic E-state index is 12.5. The van der Waals surface area contributed by atoms with Crippen LogP contribution in [0.2, 0.25) is 0 Å². The molecule has 2 fully saturated rings. The van der Waals surface area contributed by atoms with Gasteiger partial charge in [0, 0.05) is 13.0 Å². The number of benzene rings is 1. The van der Waals surface area contributed by atoms with Crippen molar-refractivity contribution in [2.75, 3.05) is 6.54 Å². The third kappa shape index (κ3) is 4.57. The number of imide groups is 1. The van der Waals surface area contributed by atoms with Crippen LogP contribution in [0.1, 0.15) is 64.0 Å². The van der Waals surface area contributed by atoms with Crippen molar-refractivity contribution in [1.29, 1.82) is 0 Å². The number of carbonyl (C=O) groups is 3. The second-order valence-corrected chi connectivity index (χ2v) is 8.24. The van der Waals surface area contributed by atoms with E-state index in [4.69, 9.17) is 0 Å². The van der Waals surface area contributed by atoms with E-state index in [0.717, 1.165) is 37.7 Å². The van der Waals surface area contributed by atoms with Crippen LogP contribution in [-0.2, 0) is 14.4 Å². The Labute approximate surface area is 161 Å². The summed E-state index contributed by atoms with van der Waals surface area (Å²) in [5, 5.41) is 3.09. The SMILES string of the molecule is CC(C)CC(NC(=O)CCN1C(=O)C2CCCCC2C1=O)c1ccccc1. The number of carbonyl (C=O) groups excluding carboxylic acids is 3. The summed E-state index contributed by atoms with van der Waals surface area (Å²) < 4.78 is 0. The number of rotatable bonds is 7. The van der Waals surface area contributed by atoms with E-state index in [2.05, 4.69) is 19.2 Å². The Morgan fingerprint density at radius 1 is 1.07 bits per heavy atom. The first-order valence-corrected chi connectivity index (χ1v) is 10.2. The predicted octanol–water partition coefficient (Wildman–Crippen LogP) is 3.46. The lowest BCUT2D eigenvalue weighted by molar-refractivity contribution is -0.140. The highest BCUT2D eigenvalue weighted by atomic mass is 16.2. The number of hydrogen-bond acceptors (Lipinski definition) is 3. The minimum atomic E-state index is -0.146. The smallest absolute Gasteiger partial charge is 0.233 e. The second-order valence-electron chi connectivity index (χ2n) is 8.24. The van der Waals surface area contributed by atoms with Gasteiger partial charge in [-0.25, -0.2) is 0 Å². The molecule has 5 nitrogen and oxygen atoms in total. The molecule has 1 aliphatic carbocycles. The van der Waals surface area contributed by atoms with Crippen LogP contribution in [0.15, 0.2) is 30.3 Å². The van der Waals surface area contributed by atoms with Crippen LogP contribution in [0, 0.1) is 17.8 Å². The third-order valence-corrected chi connectivity index (χ3v) is 5.74. The molecule has 0 radical (unpaired) electrons. The van der Waals surface area contributed by atoms with Gasteiger partial charge in [-0.05, 0) is 30.7 Å². The molecule has 1 aliphatic heterocycles. The maximum atomic E-state index is 12.5. The summed E-state index contributed by atoms with van der Waals surface area (Å²) in [5.74, 6) is -0.0986. The van der Waals surface area contributed by atoms with Gasteiger partial charge < -0.3 is 5.32 Å². The van der Waals surface area contributed by atoms with E-state index < -0.39 is 0 Å². The first-order valence-electron chi connectivity index (χ1n) is 10.2. The summed E-state index contributed by atoms with van der Waals surface area (Å²) in [5.41, 5.74) is 1.08. The van der Waals surface area contributed by atoms with Crippen molar-refractivity contribution in [1.82, 2.24) is 10.2 Å². The van der Waals surface area contributed by atoms with Gasteiger partial charge in [0.25, 0.3) is 0 Å². The zero-order valence-corrected chi connectivity index (χ0v) is 16.3. The Morgan fingerprint density at radius 3 is 2.22 bits per heavy atom. The van der Waals surface area contributed by atoms with Crippen molar-refractivity contribution < 1.29 is 14.4 Å². The molecular formula is C22H30N2O3. The fraction of sp³-hybridized carbons (Fsp3) is 0.591. The highest BCUT2D eigenvalue weighted by Crippen LogP contribution is 2.38. The van der Waals surface area contributed by atoms with Crippen LogP contribution in [0.25, 0.3) is 0 Å². The van der Waals surface area contributed by atoms with E-state index in [9.17, 15) is 14.4 Å². The summed E-state index contributed by atoms with van der Waals surface area (Å²) >= 11 is 0. The van der Waals surface area contributed by atoms with Crippen molar-refractivity contribution in [2.45, 2.75) is 58.4 Å². The van der Waals surface area contributed by atoms with Gasteiger partial charge in [-0.3, -0.25) is 19.3 Å². The van der Waals surface area contributed by atoms with Gasteiger partial charge in [-0.2, -0.15) is 0 Å². The van der Waals surface area contributed by atoms with Crippen molar-refractivity contribution in [2.24, 2.45) is 17.8 Å². The van der Waals surface area contributed by atoms with Gasteiger partial charge in [0.05, 0.1) is 17.9 Å². The zero-order valence-electron chi connectivity index (χ0n) is 16.3. The van der Waals surface area contributed by atoms with Gasteiger partial charge in [0.15, 0.2) is 0 Å². The van der Waals surface area contributed by atoms with E-state index in [0.29, 0.717) is 5.92 Å². The molecule has 3 amide bonds. The number of likely N-dealkylation sites (tertiary alicyclic amines) is 1. The van der Waals surface area contributed by atoms with Gasteiger partial charge in [0.1, 0.15) is 0 Å². The molecular weight excluding hydrogens is 340 g/mol. The molecule has 1 saturated heterocycles. The average Bonchev–Trinajstić information content (AvgIpc) is 2.91. The van der Waals surface area contributed by atoms with Crippen molar-refractivity contribution in [3.05, 3.63) is 35.9 Å². The molecule has 2 aliphatic rings. The van der Waals surface area contributed by atoms with Crippen molar-refractivity contribution >= 4 is 17.7 Å². The Morgan fingerprint density at radius 2 is 1.67 bits per heavy atom. The fourth-order valence-electron chi connectivity index (χ4n) is 4.37. The molecule has 1 saturated carbocycles. The monoisotopic (exact) mass is 370 g/mol. The number of nitrogens with one attached hydrogen (secondary N) is 1. The first-order chi connectivity index (χ1) is 13.0. The van der Waals surface area contributed by atoms with E-state index in [1.165, 1.54) is 4.90 Å². The van der Waals surface area contributed by atoms with Crippen LogP contribution < -0.4 is 5.32 Å². The molecule has 1 aromatic rings. The number of nitrogens with zero attached hydrogens (tertiary/aromatic N) is 1. The second kappa shape index (κ2) is 8.68. The number of fused-ring (bicyclic) bond motifs is 1. The van der Waals surface area contributed by atoms with Crippen LogP contribution in [0.3, 0.4) is 0 Å². The average molecular weight is 370 g/mol. The third-order valence-electron chi connectivity index (χ3n) is 5.74. The molecule has 3 atom stereocenters. The lowest BCUT2D eigenvalue weighted by atomic mass is 9.81. The predicted molar refractivity (Wildman–Crippen MR) is 104 cm³/mol. The highest BCUT2D eigenvalue weighted by molar-refractivity contribution is 6.05. The van der Waals surface area contributed by atoms with E-state index in [1.807, 2.05) is 30.3 Å². The molecule has 1 N–H and O–H groups in total. The molecule has 0 spiro atoms. The van der Waals surface area contributed by atoms with Crippen LogP contribution in [0.5, 0.6) is 0 Å². The molecule has 5 heteroatoms. The largest absolute Gasteiger partial charge is 0.349 e. The van der Waals surface area contributed by atoms with Crippen LogP contribution >= 0.6 is 0 Å². The van der Waals surface area contributed by atoms with Gasteiger partial charge in [-0.15, -0.1) is 0 Å². The fourth-order valence-corrected chi connectivity index (χ4v) is 4.37. The molecule has 0 aromatic heterocycles. The minimum absolute atomic E-state index is 0.0498. The zero-order chi connectivity index (χ0) is 19.4. The van der Waals surface area contributed by atoms with Gasteiger partial charge in [0.2, 0.25) is 17.7 Å². The lowest BCUT2D eigenvalue weighted by Crippen LogP contribution is -2.36. The van der Waals surface area contributed by atoms with Crippen LogP contribution in [0.4, 0.5) is 0 Å². The Bertz CT molecular complexity index is 662. The summed E-state index contributed by atoms with van der Waals surface area (Å²) in [4.78, 5) is 38.9. The normalized spacial score (nSPS) is 23.4. The van der Waals surface area contributed by atoms with Crippen LogP contribution in [-0.4, -0.2) is 29.2 Å². The first kappa shape index (κ1) is 19.6. The van der Waals surface area contributed by atoms with Gasteiger partial charge >= 0.3 is 0 Å². The molecule has 1 aromatic carbocycles. The standard InChI is InChI=1S/C22H30N2O3/c1-15(2)14-19(16-8-4-3-5-9-16)23-20(25)12-13-24-21(26)17-10-6-7-11-18(17)22(24)27/h3-5,8-9,15,17-19H,6-7,10-14H2,1-2H3,(H,23,25). The minimum Gasteiger partial charge on any atom is -0.349 e. The molecule has 0 bridgehead atoms. The molecule has 27 heavy (non-hydrogen) atoms. The summed E-state index contributed by atoms with van der Waals surface area (Å²) in [6.45, 7) is 4.45. The topological polar surface area (TPSA) is 66.5 Å². The number of amides is 3. The molecule has 3 unspecified atom stereocenters. The summed E-state index contributed by atoms with van der Waals surface area (Å²) in [6.07, 6.45) is 4.66. The molecule has 3 rings (SSSR count).